The summed E-state index contributed by atoms with van der Waals surface area (Å²) in [6.07, 6.45) is 0. The minimum Gasteiger partial charge on any atom is -0.495 e. The molecule has 1 aliphatic heterocycles. The quantitative estimate of drug-likeness (QED) is 0.927. The van der Waals surface area contributed by atoms with Crippen LogP contribution >= 0.6 is 15.9 Å². The number of benzene rings is 1. The lowest BCUT2D eigenvalue weighted by Gasteiger charge is -2.35. The largest absolute Gasteiger partial charge is 0.495 e. The van der Waals surface area contributed by atoms with Gasteiger partial charge in [-0.2, -0.15) is 5.26 Å². The smallest absolute Gasteiger partial charge is 0.142 e. The van der Waals surface area contributed by atoms with Gasteiger partial charge in [0.2, 0.25) is 0 Å². The fraction of sp³-hybridized carbons (Fsp3) is 0.417. The van der Waals surface area contributed by atoms with Crippen LogP contribution in [0.3, 0.4) is 0 Å². The Morgan fingerprint density at radius 1 is 1.59 bits per heavy atom. The maximum absolute atomic E-state index is 9.09. The van der Waals surface area contributed by atoms with Crippen LogP contribution in [0.15, 0.2) is 22.7 Å². The number of methoxy groups -OCH3 is 1. The fourth-order valence-corrected chi connectivity index (χ4v) is 2.00. The lowest BCUT2D eigenvalue weighted by molar-refractivity contribution is -0.0690. The van der Waals surface area contributed by atoms with Gasteiger partial charge < -0.3 is 14.8 Å². The molecule has 0 unspecified atom stereocenters. The molecule has 17 heavy (non-hydrogen) atoms. The average molecular weight is 297 g/mol. The summed E-state index contributed by atoms with van der Waals surface area (Å²) in [5, 5.41) is 12.3. The Labute approximate surface area is 109 Å². The molecule has 0 atom stereocenters. The van der Waals surface area contributed by atoms with Crippen molar-refractivity contribution in [2.75, 3.05) is 32.2 Å². The molecule has 2 rings (SSSR count). The number of nitrogens with one attached hydrogen (secondary N) is 1. The maximum Gasteiger partial charge on any atom is 0.142 e. The number of nitrogens with zero attached hydrogens (tertiary/aromatic N) is 1. The highest BCUT2D eigenvalue weighted by Gasteiger charge is 2.38. The Hall–Kier alpha value is -1.25. The second-order valence-corrected chi connectivity index (χ2v) is 5.00. The number of rotatable bonds is 4. The first-order valence-corrected chi connectivity index (χ1v) is 6.05. The highest BCUT2D eigenvalue weighted by Crippen LogP contribution is 2.31. The lowest BCUT2D eigenvalue weighted by Crippen LogP contribution is -2.46. The van der Waals surface area contributed by atoms with Crippen LogP contribution in [-0.4, -0.2) is 26.9 Å². The van der Waals surface area contributed by atoms with Crippen LogP contribution in [0, 0.1) is 16.7 Å². The molecular formula is C12H13BrN2O2. The summed E-state index contributed by atoms with van der Waals surface area (Å²) in [6, 6.07) is 8.02. The minimum absolute atomic E-state index is 0.396. The van der Waals surface area contributed by atoms with Crippen molar-refractivity contribution in [1.82, 2.24) is 0 Å². The number of hydrogen-bond donors (Lipinski definition) is 1. The highest BCUT2D eigenvalue weighted by atomic mass is 79.9. The third-order valence-electron chi connectivity index (χ3n) is 2.77. The van der Waals surface area contributed by atoms with Crippen molar-refractivity contribution < 1.29 is 9.47 Å². The van der Waals surface area contributed by atoms with Crippen molar-refractivity contribution in [3.05, 3.63) is 22.7 Å². The zero-order valence-electron chi connectivity index (χ0n) is 9.50. The van der Waals surface area contributed by atoms with Crippen molar-refractivity contribution in [1.29, 1.82) is 5.26 Å². The van der Waals surface area contributed by atoms with E-state index in [9.17, 15) is 0 Å². The zero-order valence-corrected chi connectivity index (χ0v) is 11.1. The summed E-state index contributed by atoms with van der Waals surface area (Å²) in [7, 11) is 1.63. The van der Waals surface area contributed by atoms with E-state index < -0.39 is 5.41 Å². The summed E-state index contributed by atoms with van der Waals surface area (Å²) >= 11 is 3.41. The SMILES string of the molecule is COc1ccc(Br)cc1NCC1(C#N)COC1. The van der Waals surface area contributed by atoms with E-state index >= 15 is 0 Å². The van der Waals surface area contributed by atoms with Gasteiger partial charge in [-0.3, -0.25) is 0 Å². The molecule has 90 valence electrons. The summed E-state index contributed by atoms with van der Waals surface area (Å²) in [6.45, 7) is 1.55. The molecule has 0 amide bonds. The van der Waals surface area contributed by atoms with Crippen molar-refractivity contribution in [2.24, 2.45) is 5.41 Å². The topological polar surface area (TPSA) is 54.3 Å². The van der Waals surface area contributed by atoms with Gasteiger partial charge in [-0.1, -0.05) is 15.9 Å². The number of ether oxygens (including phenoxy) is 2. The molecule has 1 saturated heterocycles. The first-order chi connectivity index (χ1) is 8.19. The van der Waals surface area contributed by atoms with Gasteiger partial charge in [0.15, 0.2) is 0 Å². The van der Waals surface area contributed by atoms with Crippen molar-refractivity contribution in [3.8, 4) is 11.8 Å². The molecule has 0 saturated carbocycles. The fourth-order valence-electron chi connectivity index (χ4n) is 1.64. The predicted molar refractivity (Wildman–Crippen MR) is 68.0 cm³/mol. The van der Waals surface area contributed by atoms with E-state index in [1.807, 2.05) is 18.2 Å². The van der Waals surface area contributed by atoms with E-state index in [4.69, 9.17) is 14.7 Å². The van der Waals surface area contributed by atoms with Gasteiger partial charge in [-0.05, 0) is 18.2 Å². The molecule has 1 aliphatic rings. The minimum atomic E-state index is -0.396. The van der Waals surface area contributed by atoms with E-state index in [2.05, 4.69) is 27.3 Å². The molecule has 0 bridgehead atoms. The van der Waals surface area contributed by atoms with Crippen LogP contribution in [0.2, 0.25) is 0 Å². The van der Waals surface area contributed by atoms with Crippen LogP contribution in [0.1, 0.15) is 0 Å². The normalized spacial score (nSPS) is 16.8. The number of nitriles is 1. The third-order valence-corrected chi connectivity index (χ3v) is 3.27. The van der Waals surface area contributed by atoms with Gasteiger partial charge in [-0.25, -0.2) is 0 Å². The van der Waals surface area contributed by atoms with Gasteiger partial charge in [0.1, 0.15) is 11.2 Å². The first kappa shape index (κ1) is 12.2. The monoisotopic (exact) mass is 296 g/mol. The number of anilines is 1. The van der Waals surface area contributed by atoms with Crippen molar-refractivity contribution in [3.63, 3.8) is 0 Å². The molecule has 1 heterocycles. The lowest BCUT2D eigenvalue weighted by atomic mass is 9.88. The van der Waals surface area contributed by atoms with Crippen molar-refractivity contribution >= 4 is 21.6 Å². The molecule has 1 fully saturated rings. The zero-order chi connectivity index (χ0) is 12.3. The number of halogens is 1. The molecule has 0 spiro atoms. The van der Waals surface area contributed by atoms with Crippen LogP contribution in [0.25, 0.3) is 0 Å². The van der Waals surface area contributed by atoms with E-state index in [0.29, 0.717) is 19.8 Å². The van der Waals surface area contributed by atoms with Crippen LogP contribution in [0.5, 0.6) is 5.75 Å². The second kappa shape index (κ2) is 4.94. The molecule has 4 nitrogen and oxygen atoms in total. The molecule has 0 aliphatic carbocycles. The van der Waals surface area contributed by atoms with Gasteiger partial charge in [0.05, 0.1) is 32.1 Å². The van der Waals surface area contributed by atoms with E-state index in [-0.39, 0.29) is 0 Å². The summed E-state index contributed by atoms with van der Waals surface area (Å²) in [5.74, 6) is 0.765. The van der Waals surface area contributed by atoms with Crippen molar-refractivity contribution in [2.45, 2.75) is 0 Å². The molecular weight excluding hydrogens is 284 g/mol. The van der Waals surface area contributed by atoms with Gasteiger partial charge in [-0.15, -0.1) is 0 Å². The van der Waals surface area contributed by atoms with E-state index in [0.717, 1.165) is 15.9 Å². The third kappa shape index (κ3) is 2.54. The van der Waals surface area contributed by atoms with E-state index in [1.165, 1.54) is 0 Å². The molecule has 1 aromatic carbocycles. The molecule has 5 heteroatoms. The summed E-state index contributed by atoms with van der Waals surface area (Å²) < 4.78 is 11.3. The second-order valence-electron chi connectivity index (χ2n) is 4.08. The number of hydrogen-bond acceptors (Lipinski definition) is 4. The molecule has 0 aromatic heterocycles. The Kier molecular flexibility index (Phi) is 3.55. The molecule has 0 radical (unpaired) electrons. The molecule has 1 N–H and O–H groups in total. The first-order valence-electron chi connectivity index (χ1n) is 5.25. The van der Waals surface area contributed by atoms with E-state index in [1.54, 1.807) is 7.11 Å². The summed E-state index contributed by atoms with van der Waals surface area (Å²) in [4.78, 5) is 0. The Morgan fingerprint density at radius 3 is 2.88 bits per heavy atom. The van der Waals surface area contributed by atoms with Gasteiger partial charge in [0.25, 0.3) is 0 Å². The summed E-state index contributed by atoms with van der Waals surface area (Å²) in [5.41, 5.74) is 0.483. The van der Waals surface area contributed by atoms with Gasteiger partial charge in [0, 0.05) is 11.0 Å². The van der Waals surface area contributed by atoms with Crippen LogP contribution in [0.4, 0.5) is 5.69 Å². The average Bonchev–Trinajstić information content (AvgIpc) is 2.28. The Balaban J connectivity index is 2.08. The van der Waals surface area contributed by atoms with Crippen LogP contribution in [-0.2, 0) is 4.74 Å². The highest BCUT2D eigenvalue weighted by molar-refractivity contribution is 9.10. The Morgan fingerprint density at radius 2 is 2.35 bits per heavy atom. The molecule has 1 aromatic rings. The van der Waals surface area contributed by atoms with Gasteiger partial charge >= 0.3 is 0 Å². The van der Waals surface area contributed by atoms with Crippen LogP contribution < -0.4 is 10.1 Å². The standard InChI is InChI=1S/C12H13BrN2O2/c1-16-11-3-2-9(13)4-10(11)15-6-12(5-14)7-17-8-12/h2-4,15H,6-8H2,1H3. The Bertz CT molecular complexity index is 452. The predicted octanol–water partition coefficient (Wildman–Crippen LogP) is 2.41. The maximum atomic E-state index is 9.09.